The van der Waals surface area contributed by atoms with Crippen LogP contribution in [0.4, 0.5) is 0 Å². The Morgan fingerprint density at radius 1 is 1.41 bits per heavy atom. The maximum absolute atomic E-state index is 12.0. The Morgan fingerprint density at radius 3 is 3.00 bits per heavy atom. The average Bonchev–Trinajstić information content (AvgIpc) is 2.86. The van der Waals surface area contributed by atoms with Gasteiger partial charge >= 0.3 is 5.97 Å². The summed E-state index contributed by atoms with van der Waals surface area (Å²) in [6.45, 7) is 0.794. The minimum Gasteiger partial charge on any atom is -0.469 e. The van der Waals surface area contributed by atoms with Crippen LogP contribution in [-0.4, -0.2) is 30.4 Å². The number of Topliss-reactive ketones (excluding diaryl/α,β-unsaturated/α-hetero) is 1. The van der Waals surface area contributed by atoms with Crippen molar-refractivity contribution in [3.05, 3.63) is 34.5 Å². The third-order valence-electron chi connectivity index (χ3n) is 4.02. The predicted octanol–water partition coefficient (Wildman–Crippen LogP) is 2.53. The summed E-state index contributed by atoms with van der Waals surface area (Å²) in [6.07, 6.45) is 0.968. The molecule has 0 spiro atoms. The van der Waals surface area contributed by atoms with Crippen LogP contribution in [0.5, 0.6) is 0 Å². The molecule has 22 heavy (non-hydrogen) atoms. The lowest BCUT2D eigenvalue weighted by Gasteiger charge is -2.23. The van der Waals surface area contributed by atoms with E-state index in [2.05, 4.69) is 15.0 Å². The Morgan fingerprint density at radius 2 is 2.23 bits per heavy atom. The second-order valence-electron chi connectivity index (χ2n) is 5.46. The monoisotopic (exact) mass is 320 g/mol. The number of ketones is 1. The van der Waals surface area contributed by atoms with Crippen LogP contribution in [0.1, 0.15) is 30.1 Å². The zero-order valence-corrected chi connectivity index (χ0v) is 13.0. The first-order valence-corrected chi connectivity index (χ1v) is 7.58. The molecule has 0 saturated carbocycles. The Kier molecular flexibility index (Phi) is 4.18. The van der Waals surface area contributed by atoms with Gasteiger partial charge in [-0.25, -0.2) is 0 Å². The van der Waals surface area contributed by atoms with Gasteiger partial charge in [0.2, 0.25) is 0 Å². The summed E-state index contributed by atoms with van der Waals surface area (Å²) < 4.78 is 4.54. The highest BCUT2D eigenvalue weighted by atomic mass is 35.5. The number of rotatable bonds is 4. The molecule has 1 aromatic carbocycles. The number of hydrogen-bond donors (Lipinski definition) is 2. The number of aromatic nitrogens is 1. The topological polar surface area (TPSA) is 71.2 Å². The number of carbonyl (C=O) groups excluding carboxylic acids is 2. The van der Waals surface area contributed by atoms with E-state index in [1.165, 1.54) is 12.7 Å². The van der Waals surface area contributed by atoms with Crippen LogP contribution < -0.4 is 5.32 Å². The molecule has 2 N–H and O–H groups in total. The molecule has 1 unspecified atom stereocenters. The number of halogens is 1. The van der Waals surface area contributed by atoms with Gasteiger partial charge in [-0.05, 0) is 36.7 Å². The highest BCUT2D eigenvalue weighted by Gasteiger charge is 2.26. The lowest BCUT2D eigenvalue weighted by atomic mass is 9.95. The average molecular weight is 321 g/mol. The quantitative estimate of drug-likeness (QED) is 0.671. The molecule has 1 aliphatic heterocycles. The van der Waals surface area contributed by atoms with Crippen molar-refractivity contribution in [3.63, 3.8) is 0 Å². The summed E-state index contributed by atoms with van der Waals surface area (Å²) in [5, 5.41) is 5.14. The molecule has 0 radical (unpaired) electrons. The summed E-state index contributed by atoms with van der Waals surface area (Å²) in [6, 6.07) is 5.64. The Hall–Kier alpha value is -1.85. The molecule has 0 saturated heterocycles. The number of hydrogen-bond acceptors (Lipinski definition) is 4. The van der Waals surface area contributed by atoms with Crippen LogP contribution in [0, 0.1) is 0 Å². The van der Waals surface area contributed by atoms with Gasteiger partial charge in [0.1, 0.15) is 12.2 Å². The summed E-state index contributed by atoms with van der Waals surface area (Å²) in [7, 11) is 1.29. The first-order valence-electron chi connectivity index (χ1n) is 7.20. The van der Waals surface area contributed by atoms with Gasteiger partial charge in [0, 0.05) is 28.0 Å². The molecule has 1 aromatic heterocycles. The number of aromatic amines is 1. The van der Waals surface area contributed by atoms with Crippen LogP contribution >= 0.6 is 11.6 Å². The van der Waals surface area contributed by atoms with E-state index in [4.69, 9.17) is 11.6 Å². The van der Waals surface area contributed by atoms with Gasteiger partial charge in [0.15, 0.2) is 0 Å². The summed E-state index contributed by atoms with van der Waals surface area (Å²) in [5.74, 6) is -0.627. The van der Waals surface area contributed by atoms with Crippen molar-refractivity contribution in [2.75, 3.05) is 13.7 Å². The normalized spacial score (nSPS) is 17.3. The largest absolute Gasteiger partial charge is 0.469 e. The van der Waals surface area contributed by atoms with Gasteiger partial charge in [-0.1, -0.05) is 11.6 Å². The first kappa shape index (κ1) is 15.1. The maximum Gasteiger partial charge on any atom is 0.313 e. The zero-order valence-electron chi connectivity index (χ0n) is 12.2. The maximum atomic E-state index is 12.0. The second-order valence-corrected chi connectivity index (χ2v) is 5.90. The van der Waals surface area contributed by atoms with Crippen molar-refractivity contribution in [1.82, 2.24) is 10.3 Å². The molecule has 0 amide bonds. The second kappa shape index (κ2) is 6.10. The van der Waals surface area contributed by atoms with Crippen molar-refractivity contribution in [1.29, 1.82) is 0 Å². The van der Waals surface area contributed by atoms with Gasteiger partial charge in [-0.15, -0.1) is 0 Å². The van der Waals surface area contributed by atoms with Gasteiger partial charge in [0.25, 0.3) is 0 Å². The number of ether oxygens (including phenoxy) is 1. The number of H-pyrrole nitrogens is 1. The minimum atomic E-state index is -0.496. The molecule has 3 rings (SSSR count). The minimum absolute atomic E-state index is 0.105. The van der Waals surface area contributed by atoms with Gasteiger partial charge < -0.3 is 15.0 Å². The fraction of sp³-hybridized carbons (Fsp3) is 0.375. The molecule has 6 heteroatoms. The van der Waals surface area contributed by atoms with E-state index < -0.39 is 5.97 Å². The predicted molar refractivity (Wildman–Crippen MR) is 84.0 cm³/mol. The Labute approximate surface area is 133 Å². The number of esters is 1. The van der Waals surface area contributed by atoms with E-state index in [0.717, 1.165) is 29.6 Å². The number of nitrogens with one attached hydrogen (secondary N) is 2. The van der Waals surface area contributed by atoms with Crippen LogP contribution in [0.3, 0.4) is 0 Å². The van der Waals surface area contributed by atoms with Crippen molar-refractivity contribution in [2.45, 2.75) is 25.3 Å². The lowest BCUT2D eigenvalue weighted by molar-refractivity contribution is -0.143. The van der Waals surface area contributed by atoms with Crippen LogP contribution in [0.2, 0.25) is 5.02 Å². The van der Waals surface area contributed by atoms with Gasteiger partial charge in [-0.2, -0.15) is 0 Å². The molecule has 0 fully saturated rings. The Balaban J connectivity index is 1.87. The van der Waals surface area contributed by atoms with Crippen molar-refractivity contribution in [2.24, 2.45) is 0 Å². The molecule has 2 heterocycles. The van der Waals surface area contributed by atoms with Crippen molar-refractivity contribution >= 4 is 34.3 Å². The summed E-state index contributed by atoms with van der Waals surface area (Å²) >= 11 is 6.08. The molecular weight excluding hydrogens is 304 g/mol. The number of methoxy groups -OCH3 is 1. The Bertz CT molecular complexity index is 738. The lowest BCUT2D eigenvalue weighted by Crippen LogP contribution is -2.31. The molecular formula is C16H17ClN2O3. The van der Waals surface area contributed by atoms with E-state index >= 15 is 0 Å². The van der Waals surface area contributed by atoms with E-state index in [0.29, 0.717) is 5.02 Å². The van der Waals surface area contributed by atoms with Crippen LogP contribution in [0.25, 0.3) is 10.9 Å². The molecule has 1 aliphatic rings. The zero-order chi connectivity index (χ0) is 15.7. The molecule has 0 aliphatic carbocycles. The van der Waals surface area contributed by atoms with Crippen LogP contribution in [-0.2, 0) is 20.7 Å². The standard InChI is InChI=1S/C16H17ClN2O3/c1-22-15(21)8-10(20)7-14-16-11(4-5-18-14)12-6-9(17)2-3-13(12)19-16/h2-3,6,14,18-19H,4-5,7-8H2,1H3. The summed E-state index contributed by atoms with van der Waals surface area (Å²) in [5.41, 5.74) is 3.23. The third-order valence-corrected chi connectivity index (χ3v) is 4.25. The number of carbonyl (C=O) groups is 2. The van der Waals surface area contributed by atoms with Crippen molar-refractivity contribution in [3.8, 4) is 0 Å². The smallest absolute Gasteiger partial charge is 0.313 e. The fourth-order valence-electron chi connectivity index (χ4n) is 2.99. The molecule has 1 atom stereocenters. The number of benzene rings is 1. The van der Waals surface area contributed by atoms with E-state index in [9.17, 15) is 9.59 Å². The van der Waals surface area contributed by atoms with E-state index in [-0.39, 0.29) is 24.7 Å². The third kappa shape index (κ3) is 2.87. The molecule has 2 aromatic rings. The SMILES string of the molecule is COC(=O)CC(=O)CC1NCCc2c1[nH]c1ccc(Cl)cc21. The summed E-state index contributed by atoms with van der Waals surface area (Å²) in [4.78, 5) is 26.6. The van der Waals surface area contributed by atoms with Gasteiger partial charge in [-0.3, -0.25) is 9.59 Å². The molecule has 0 bridgehead atoms. The van der Waals surface area contributed by atoms with Gasteiger partial charge in [0.05, 0.1) is 13.2 Å². The highest BCUT2D eigenvalue weighted by Crippen LogP contribution is 2.33. The molecule has 5 nitrogen and oxygen atoms in total. The molecule has 116 valence electrons. The van der Waals surface area contributed by atoms with E-state index in [1.54, 1.807) is 0 Å². The van der Waals surface area contributed by atoms with E-state index in [1.807, 2.05) is 18.2 Å². The van der Waals surface area contributed by atoms with Crippen LogP contribution in [0.15, 0.2) is 18.2 Å². The van der Waals surface area contributed by atoms with Crippen molar-refractivity contribution < 1.29 is 14.3 Å². The fourth-order valence-corrected chi connectivity index (χ4v) is 3.16. The first-order chi connectivity index (χ1) is 10.6. The highest BCUT2D eigenvalue weighted by molar-refractivity contribution is 6.31. The number of fused-ring (bicyclic) bond motifs is 3.